The van der Waals surface area contributed by atoms with Crippen molar-refractivity contribution in [2.45, 2.75) is 33.0 Å². The summed E-state index contributed by atoms with van der Waals surface area (Å²) < 4.78 is 4.06. The van der Waals surface area contributed by atoms with E-state index in [4.69, 9.17) is 0 Å². The Morgan fingerprint density at radius 2 is 2.06 bits per heavy atom. The monoisotopic (exact) mass is 233 g/mol. The number of nitrogens with one attached hydrogen (secondary N) is 1. The molecule has 0 amide bonds. The number of hydrogen-bond acceptors (Lipinski definition) is 3. The van der Waals surface area contributed by atoms with Crippen LogP contribution < -0.4 is 5.32 Å². The van der Waals surface area contributed by atoms with Crippen molar-refractivity contribution in [2.24, 2.45) is 7.05 Å². The van der Waals surface area contributed by atoms with Gasteiger partial charge in [-0.1, -0.05) is 0 Å². The molecule has 2 aromatic heterocycles. The second-order valence-corrected chi connectivity index (χ2v) is 4.44. The van der Waals surface area contributed by atoms with Crippen molar-refractivity contribution in [3.05, 3.63) is 36.2 Å². The van der Waals surface area contributed by atoms with Crippen LogP contribution in [0.1, 0.15) is 31.3 Å². The second kappa shape index (κ2) is 5.14. The molecule has 0 saturated carbocycles. The molecule has 0 bridgehead atoms. The third-order valence-corrected chi connectivity index (χ3v) is 2.84. The van der Waals surface area contributed by atoms with Gasteiger partial charge in [0.05, 0.1) is 17.7 Å². The summed E-state index contributed by atoms with van der Waals surface area (Å²) >= 11 is 0. The molecule has 0 spiro atoms. The van der Waals surface area contributed by atoms with Crippen molar-refractivity contribution in [1.29, 1.82) is 0 Å². The molecule has 2 heterocycles. The number of rotatable bonds is 5. The van der Waals surface area contributed by atoms with Crippen LogP contribution in [0.4, 0.5) is 0 Å². The molecule has 17 heavy (non-hydrogen) atoms. The van der Waals surface area contributed by atoms with E-state index >= 15 is 0 Å². The van der Waals surface area contributed by atoms with Gasteiger partial charge in [-0.3, -0.25) is 4.68 Å². The van der Waals surface area contributed by atoms with E-state index in [0.29, 0.717) is 6.04 Å². The Hall–Kier alpha value is -1.62. The van der Waals surface area contributed by atoms with E-state index < -0.39 is 0 Å². The molecule has 0 fully saturated rings. The first-order chi connectivity index (χ1) is 8.18. The summed E-state index contributed by atoms with van der Waals surface area (Å²) in [4.78, 5) is 4.18. The van der Waals surface area contributed by atoms with Gasteiger partial charge in [0, 0.05) is 38.6 Å². The first kappa shape index (κ1) is 11.9. The Morgan fingerprint density at radius 1 is 1.29 bits per heavy atom. The average molecular weight is 233 g/mol. The Morgan fingerprint density at radius 3 is 2.71 bits per heavy atom. The molecule has 0 radical (unpaired) electrons. The summed E-state index contributed by atoms with van der Waals surface area (Å²) in [6, 6.07) is 2.47. The van der Waals surface area contributed by atoms with Gasteiger partial charge in [0.2, 0.25) is 0 Å². The molecular formula is C12H19N5. The van der Waals surface area contributed by atoms with Gasteiger partial charge in [-0.05, 0) is 19.9 Å². The molecule has 1 N–H and O–H groups in total. The smallest absolute Gasteiger partial charge is 0.0951 e. The summed E-state index contributed by atoms with van der Waals surface area (Å²) in [5, 5.41) is 7.54. The predicted molar refractivity (Wildman–Crippen MR) is 66.4 cm³/mol. The molecule has 2 aromatic rings. The van der Waals surface area contributed by atoms with Crippen molar-refractivity contribution >= 4 is 0 Å². The van der Waals surface area contributed by atoms with E-state index in [1.165, 1.54) is 11.4 Å². The number of imidazole rings is 1. The topological polar surface area (TPSA) is 47.7 Å². The molecule has 2 rings (SSSR count). The van der Waals surface area contributed by atoms with Crippen molar-refractivity contribution in [1.82, 2.24) is 24.6 Å². The van der Waals surface area contributed by atoms with Crippen LogP contribution in [0.15, 0.2) is 24.8 Å². The second-order valence-electron chi connectivity index (χ2n) is 4.44. The highest BCUT2D eigenvalue weighted by Crippen LogP contribution is 2.08. The third-order valence-electron chi connectivity index (χ3n) is 2.84. The Kier molecular flexibility index (Phi) is 3.58. The van der Waals surface area contributed by atoms with Crippen LogP contribution in [0.3, 0.4) is 0 Å². The fourth-order valence-corrected chi connectivity index (χ4v) is 1.83. The molecule has 0 aliphatic heterocycles. The fraction of sp³-hybridized carbons (Fsp3) is 0.500. The van der Waals surface area contributed by atoms with Crippen molar-refractivity contribution in [2.75, 3.05) is 0 Å². The highest BCUT2D eigenvalue weighted by molar-refractivity contribution is 5.02. The molecule has 5 nitrogen and oxygen atoms in total. The summed E-state index contributed by atoms with van der Waals surface area (Å²) in [5.74, 6) is 0. The Bertz CT molecular complexity index is 469. The minimum absolute atomic E-state index is 0.450. The van der Waals surface area contributed by atoms with Crippen LogP contribution >= 0.6 is 0 Å². The average Bonchev–Trinajstić information content (AvgIpc) is 2.88. The maximum Gasteiger partial charge on any atom is 0.0951 e. The van der Waals surface area contributed by atoms with Crippen LogP contribution in [0.25, 0.3) is 0 Å². The predicted octanol–water partition coefficient (Wildman–Crippen LogP) is 1.49. The molecule has 92 valence electrons. The van der Waals surface area contributed by atoms with E-state index in [1.807, 2.05) is 36.5 Å². The first-order valence-corrected chi connectivity index (χ1v) is 5.87. The minimum Gasteiger partial charge on any atom is -0.331 e. The fourth-order valence-electron chi connectivity index (χ4n) is 1.83. The molecule has 5 heteroatoms. The van der Waals surface area contributed by atoms with Gasteiger partial charge in [-0.2, -0.15) is 5.10 Å². The van der Waals surface area contributed by atoms with Crippen LogP contribution in [-0.4, -0.2) is 19.3 Å². The SMILES string of the molecule is CC(C)n1cncc1CNCc1ccnn1C. The number of hydrogen-bond donors (Lipinski definition) is 1. The molecule has 0 aliphatic carbocycles. The maximum atomic E-state index is 4.18. The molecule has 0 unspecified atom stereocenters. The lowest BCUT2D eigenvalue weighted by Crippen LogP contribution is -2.18. The normalized spacial score (nSPS) is 11.3. The van der Waals surface area contributed by atoms with Crippen LogP contribution in [-0.2, 0) is 20.1 Å². The summed E-state index contributed by atoms with van der Waals surface area (Å²) in [5.41, 5.74) is 2.39. The van der Waals surface area contributed by atoms with Crippen molar-refractivity contribution in [3.8, 4) is 0 Å². The number of nitrogens with zero attached hydrogens (tertiary/aromatic N) is 4. The van der Waals surface area contributed by atoms with Gasteiger partial charge in [0.25, 0.3) is 0 Å². The number of aromatic nitrogens is 4. The van der Waals surface area contributed by atoms with E-state index in [2.05, 4.69) is 33.8 Å². The zero-order chi connectivity index (χ0) is 12.3. The summed E-state index contributed by atoms with van der Waals surface area (Å²) in [6.07, 6.45) is 5.61. The number of aryl methyl sites for hydroxylation is 1. The Labute approximate surface area is 101 Å². The van der Waals surface area contributed by atoms with Crippen molar-refractivity contribution < 1.29 is 0 Å². The van der Waals surface area contributed by atoms with Gasteiger partial charge < -0.3 is 9.88 Å². The van der Waals surface area contributed by atoms with E-state index in [0.717, 1.165) is 13.1 Å². The molecule has 0 saturated heterocycles. The highest BCUT2D eigenvalue weighted by atomic mass is 15.3. The van der Waals surface area contributed by atoms with Gasteiger partial charge in [-0.25, -0.2) is 4.98 Å². The van der Waals surface area contributed by atoms with E-state index in [9.17, 15) is 0 Å². The minimum atomic E-state index is 0.450. The molecular weight excluding hydrogens is 214 g/mol. The molecule has 0 aliphatic rings. The summed E-state index contributed by atoms with van der Waals surface area (Å²) in [6.45, 7) is 5.96. The lowest BCUT2D eigenvalue weighted by Gasteiger charge is -2.12. The van der Waals surface area contributed by atoms with Crippen molar-refractivity contribution in [3.63, 3.8) is 0 Å². The lowest BCUT2D eigenvalue weighted by atomic mass is 10.3. The third kappa shape index (κ3) is 2.74. The van der Waals surface area contributed by atoms with E-state index in [-0.39, 0.29) is 0 Å². The zero-order valence-electron chi connectivity index (χ0n) is 10.6. The quantitative estimate of drug-likeness (QED) is 0.851. The summed E-state index contributed by atoms with van der Waals surface area (Å²) in [7, 11) is 1.95. The molecule has 0 atom stereocenters. The molecule has 0 aromatic carbocycles. The largest absolute Gasteiger partial charge is 0.331 e. The van der Waals surface area contributed by atoms with Crippen LogP contribution in [0.5, 0.6) is 0 Å². The highest BCUT2D eigenvalue weighted by Gasteiger charge is 2.05. The standard InChI is InChI=1S/C12H19N5/c1-10(2)17-9-14-8-12(17)7-13-6-11-4-5-15-16(11)3/h4-5,8-10,13H,6-7H2,1-3H3. The Balaban J connectivity index is 1.90. The first-order valence-electron chi connectivity index (χ1n) is 5.87. The zero-order valence-corrected chi connectivity index (χ0v) is 10.6. The van der Waals surface area contributed by atoms with Gasteiger partial charge in [-0.15, -0.1) is 0 Å². The maximum absolute atomic E-state index is 4.18. The van der Waals surface area contributed by atoms with Gasteiger partial charge >= 0.3 is 0 Å². The van der Waals surface area contributed by atoms with Gasteiger partial charge in [0.15, 0.2) is 0 Å². The lowest BCUT2D eigenvalue weighted by molar-refractivity contribution is 0.543. The van der Waals surface area contributed by atoms with E-state index in [1.54, 1.807) is 0 Å². The van der Waals surface area contributed by atoms with Crippen LogP contribution in [0, 0.1) is 0 Å². The van der Waals surface area contributed by atoms with Crippen LogP contribution in [0.2, 0.25) is 0 Å². The van der Waals surface area contributed by atoms with Gasteiger partial charge in [0.1, 0.15) is 0 Å².